The lowest BCUT2D eigenvalue weighted by atomic mass is 10.2. The number of hydrogen-bond donors (Lipinski definition) is 2. The molecule has 2 aromatic rings. The monoisotopic (exact) mass is 831 g/mol. The Hall–Kier alpha value is -3.24. The number of ketones is 1. The van der Waals surface area contributed by atoms with Gasteiger partial charge in [0.1, 0.15) is 29.0 Å². The largest absolute Gasteiger partial charge is 0.379 e. The third kappa shape index (κ3) is 25.7. The van der Waals surface area contributed by atoms with Gasteiger partial charge in [0.2, 0.25) is 11.8 Å². The van der Waals surface area contributed by atoms with Crippen LogP contribution in [0.1, 0.15) is 39.5 Å². The van der Waals surface area contributed by atoms with Gasteiger partial charge in [-0.05, 0) is 52.3 Å². The summed E-state index contributed by atoms with van der Waals surface area (Å²) in [6.45, 7) is 6.68. The van der Waals surface area contributed by atoms with E-state index in [0.29, 0.717) is 69.8 Å². The van der Waals surface area contributed by atoms with Crippen molar-refractivity contribution in [2.45, 2.75) is 49.6 Å². The summed E-state index contributed by atoms with van der Waals surface area (Å²) in [5, 5.41) is 7.42. The summed E-state index contributed by atoms with van der Waals surface area (Å²) in [6, 6.07) is 11.1. The summed E-state index contributed by atoms with van der Waals surface area (Å²) in [6.07, 6.45) is 4.55. The number of carbonyl (C=O) groups is 6. The Morgan fingerprint density at radius 3 is 1.85 bits per heavy atom. The molecule has 0 aromatic carbocycles. The SMILES string of the molecule is CC.CNC(=O)COCCOCCCC(=O)COCCOCCNC(=O)CSSc1ccccn1.O=C(CSSc1ccccn1)ON1C(=O)CCC1=O. The molecule has 0 atom stereocenters. The number of amides is 4. The molecule has 300 valence electrons. The number of hydrogen-bond acceptors (Lipinski definition) is 17. The van der Waals surface area contributed by atoms with Crippen LogP contribution in [0.15, 0.2) is 58.8 Å². The molecule has 3 rings (SSSR count). The first-order valence-electron chi connectivity index (χ1n) is 17.1. The van der Waals surface area contributed by atoms with Crippen molar-refractivity contribution in [2.75, 3.05) is 78.0 Å². The smallest absolute Gasteiger partial charge is 0.343 e. The van der Waals surface area contributed by atoms with Crippen LogP contribution < -0.4 is 10.6 Å². The lowest BCUT2D eigenvalue weighted by molar-refractivity contribution is -0.195. The molecule has 20 heteroatoms. The van der Waals surface area contributed by atoms with Gasteiger partial charge in [0, 0.05) is 51.9 Å². The molecule has 1 aliphatic rings. The Bertz CT molecular complexity index is 1350. The van der Waals surface area contributed by atoms with Crippen LogP contribution in [0.5, 0.6) is 0 Å². The summed E-state index contributed by atoms with van der Waals surface area (Å²) in [5.41, 5.74) is 0. The minimum Gasteiger partial charge on any atom is -0.379 e. The zero-order valence-corrected chi connectivity index (χ0v) is 34.0. The molecule has 0 radical (unpaired) electrons. The molecule has 1 saturated heterocycles. The molecule has 0 aliphatic carbocycles. The highest BCUT2D eigenvalue weighted by Gasteiger charge is 2.32. The summed E-state index contributed by atoms with van der Waals surface area (Å²) in [7, 11) is 6.99. The van der Waals surface area contributed by atoms with E-state index < -0.39 is 17.8 Å². The first-order valence-corrected chi connectivity index (χ1v) is 21.7. The zero-order chi connectivity index (χ0) is 39.7. The summed E-state index contributed by atoms with van der Waals surface area (Å²) < 4.78 is 21.1. The zero-order valence-electron chi connectivity index (χ0n) is 30.7. The second-order valence-corrected chi connectivity index (χ2v) is 14.7. The van der Waals surface area contributed by atoms with E-state index in [-0.39, 0.29) is 49.4 Å². The van der Waals surface area contributed by atoms with Crippen molar-refractivity contribution in [2.24, 2.45) is 0 Å². The summed E-state index contributed by atoms with van der Waals surface area (Å²) >= 11 is 0. The standard InChI is InChI=1S/C21H33N3O7S2.C11H10N2O4S2.C2H6/c1-22-19(26)16-31-14-11-28-9-4-5-18(25)15-30-13-12-29-10-8-23-20(27)17-32-33-21-6-2-3-7-24-21;14-9-4-5-10(15)13(9)17-11(16)7-18-19-8-3-1-2-6-12-8;1-2/h2-3,6-7H,4-5,8-17H2,1H3,(H,22,26)(H,23,27);1-3,6H,4-5,7H2;1-2H3. The highest BCUT2D eigenvalue weighted by Crippen LogP contribution is 2.29. The van der Waals surface area contributed by atoms with E-state index in [0.717, 1.165) is 10.1 Å². The van der Waals surface area contributed by atoms with Crippen LogP contribution in [0.25, 0.3) is 0 Å². The van der Waals surface area contributed by atoms with E-state index in [1.165, 1.54) is 43.2 Å². The van der Waals surface area contributed by atoms with Crippen LogP contribution in [-0.4, -0.2) is 128 Å². The fourth-order valence-electron chi connectivity index (χ4n) is 3.48. The molecule has 0 unspecified atom stereocenters. The maximum Gasteiger partial charge on any atom is 0.343 e. The van der Waals surface area contributed by atoms with Crippen LogP contribution in [-0.2, 0) is 52.6 Å². The molecule has 3 heterocycles. The fraction of sp³-hybridized carbons (Fsp3) is 0.529. The van der Waals surface area contributed by atoms with Crippen LogP contribution in [0, 0.1) is 0 Å². The Labute approximate surface area is 331 Å². The van der Waals surface area contributed by atoms with Crippen LogP contribution in [0.4, 0.5) is 0 Å². The second kappa shape index (κ2) is 33.1. The van der Waals surface area contributed by atoms with Gasteiger partial charge in [-0.25, -0.2) is 14.8 Å². The van der Waals surface area contributed by atoms with Gasteiger partial charge in [-0.15, -0.1) is 5.06 Å². The van der Waals surface area contributed by atoms with Crippen LogP contribution in [0.2, 0.25) is 0 Å². The highest BCUT2D eigenvalue weighted by atomic mass is 33.1. The van der Waals surface area contributed by atoms with Crippen molar-refractivity contribution in [3.63, 3.8) is 0 Å². The molecule has 0 bridgehead atoms. The van der Waals surface area contributed by atoms with Gasteiger partial charge in [-0.1, -0.05) is 47.6 Å². The predicted molar refractivity (Wildman–Crippen MR) is 208 cm³/mol. The van der Waals surface area contributed by atoms with Gasteiger partial charge < -0.3 is 34.4 Å². The molecule has 2 N–H and O–H groups in total. The van der Waals surface area contributed by atoms with Crippen molar-refractivity contribution in [1.29, 1.82) is 0 Å². The quantitative estimate of drug-likeness (QED) is 0.0791. The number of imide groups is 1. The third-order valence-electron chi connectivity index (χ3n) is 5.96. The first-order chi connectivity index (χ1) is 26.3. The van der Waals surface area contributed by atoms with Crippen LogP contribution >= 0.6 is 43.2 Å². The Morgan fingerprint density at radius 2 is 1.28 bits per heavy atom. The molecule has 0 spiro atoms. The van der Waals surface area contributed by atoms with Gasteiger partial charge in [0.05, 0.1) is 38.8 Å². The average Bonchev–Trinajstić information content (AvgIpc) is 3.50. The van der Waals surface area contributed by atoms with E-state index in [9.17, 15) is 28.8 Å². The Morgan fingerprint density at radius 1 is 0.722 bits per heavy atom. The number of nitrogens with zero attached hydrogens (tertiary/aromatic N) is 3. The number of hydroxylamine groups is 2. The number of Topliss-reactive ketones (excluding diaryl/α,β-unsaturated/α-hetero) is 1. The predicted octanol–water partition coefficient (Wildman–Crippen LogP) is 3.56. The van der Waals surface area contributed by atoms with E-state index in [1.807, 2.05) is 44.2 Å². The average molecular weight is 832 g/mol. The van der Waals surface area contributed by atoms with Crippen molar-refractivity contribution < 1.29 is 52.6 Å². The van der Waals surface area contributed by atoms with E-state index in [1.54, 1.807) is 25.5 Å². The van der Waals surface area contributed by atoms with Crippen molar-refractivity contribution in [1.82, 2.24) is 25.7 Å². The number of rotatable bonds is 26. The number of likely N-dealkylation sites (N-methyl/N-ethyl adjacent to an activating group) is 1. The Kier molecular flexibility index (Phi) is 29.9. The first kappa shape index (κ1) is 48.8. The summed E-state index contributed by atoms with van der Waals surface area (Å²) in [5.74, 6) is -1.45. The summed E-state index contributed by atoms with van der Waals surface area (Å²) in [4.78, 5) is 81.3. The lowest BCUT2D eigenvalue weighted by Gasteiger charge is -2.11. The third-order valence-corrected chi connectivity index (χ3v) is 10.2. The molecule has 0 saturated carbocycles. The van der Waals surface area contributed by atoms with Crippen molar-refractivity contribution >= 4 is 78.6 Å². The topological polar surface area (TPSA) is 202 Å². The van der Waals surface area contributed by atoms with Crippen molar-refractivity contribution in [3.8, 4) is 0 Å². The van der Waals surface area contributed by atoms with E-state index in [2.05, 4.69) is 20.6 Å². The van der Waals surface area contributed by atoms with Gasteiger partial charge in [0.25, 0.3) is 11.8 Å². The number of pyridine rings is 2. The molecule has 1 fully saturated rings. The minimum absolute atomic E-state index is 0.00260. The molecule has 54 heavy (non-hydrogen) atoms. The minimum atomic E-state index is -0.628. The maximum atomic E-state index is 11.7. The number of carbonyl (C=O) groups excluding carboxylic acids is 6. The second-order valence-electron chi connectivity index (χ2n) is 10.1. The van der Waals surface area contributed by atoms with E-state index >= 15 is 0 Å². The number of nitrogens with one attached hydrogen (secondary N) is 2. The molecule has 4 amide bonds. The van der Waals surface area contributed by atoms with E-state index in [4.69, 9.17) is 23.8 Å². The van der Waals surface area contributed by atoms with Gasteiger partial charge in [0.15, 0.2) is 5.78 Å². The maximum absolute atomic E-state index is 11.7. The fourth-order valence-corrected chi connectivity index (χ4v) is 6.95. The number of aromatic nitrogens is 2. The molecular formula is C34H49N5O11S4. The Balaban J connectivity index is 0.000000584. The van der Waals surface area contributed by atoms with Gasteiger partial charge in [-0.2, -0.15) is 0 Å². The molecule has 16 nitrogen and oxygen atoms in total. The lowest BCUT2D eigenvalue weighted by Crippen LogP contribution is -2.32. The van der Waals surface area contributed by atoms with Crippen LogP contribution in [0.3, 0.4) is 0 Å². The highest BCUT2D eigenvalue weighted by molar-refractivity contribution is 8.77. The molecular weight excluding hydrogens is 783 g/mol. The van der Waals surface area contributed by atoms with Gasteiger partial charge in [-0.3, -0.25) is 24.0 Å². The molecule has 2 aromatic heterocycles. The normalized spacial score (nSPS) is 11.9. The van der Waals surface area contributed by atoms with Crippen molar-refractivity contribution in [3.05, 3.63) is 48.8 Å². The number of ether oxygens (including phenoxy) is 4. The van der Waals surface area contributed by atoms with Gasteiger partial charge >= 0.3 is 5.97 Å². The molecule has 1 aliphatic heterocycles.